The normalized spacial score (nSPS) is 17.6. The van der Waals surface area contributed by atoms with Crippen LogP contribution in [-0.2, 0) is 22.3 Å². The second-order valence-electron chi connectivity index (χ2n) is 14.8. The van der Waals surface area contributed by atoms with Gasteiger partial charge in [-0.2, -0.15) is 0 Å². The quantitative estimate of drug-likeness (QED) is 0.0737. The van der Waals surface area contributed by atoms with Crippen LogP contribution in [0.4, 0.5) is 0 Å². The van der Waals surface area contributed by atoms with E-state index < -0.39 is 158 Å². The Balaban J connectivity index is 1.23. The van der Waals surface area contributed by atoms with Crippen molar-refractivity contribution < 1.29 is 100 Å². The van der Waals surface area contributed by atoms with Crippen molar-refractivity contribution in [2.75, 3.05) is 0 Å². The molecule has 0 aliphatic carbocycles. The van der Waals surface area contributed by atoms with Crippen molar-refractivity contribution in [3.63, 3.8) is 0 Å². The number of aromatic hydroxyl groups is 14. The fourth-order valence-electron chi connectivity index (χ4n) is 7.56. The van der Waals surface area contributed by atoms with Crippen molar-refractivity contribution >= 4 is 11.9 Å². The van der Waals surface area contributed by atoms with Crippen LogP contribution in [0.15, 0.2) is 72.8 Å². The molecule has 0 bridgehead atoms. The Kier molecular flexibility index (Phi) is 10.1. The first-order valence-corrected chi connectivity index (χ1v) is 18.8. The molecule has 8 rings (SSSR count). The highest BCUT2D eigenvalue weighted by Crippen LogP contribution is 2.57. The number of benzene rings is 6. The van der Waals surface area contributed by atoms with Crippen molar-refractivity contribution in [2.45, 2.75) is 37.3 Å². The van der Waals surface area contributed by atoms with E-state index in [1.54, 1.807) is 0 Å². The molecule has 6 aromatic rings. The molecule has 64 heavy (non-hydrogen) atoms. The van der Waals surface area contributed by atoms with Crippen molar-refractivity contribution in [1.82, 2.24) is 0 Å². The first-order valence-electron chi connectivity index (χ1n) is 18.8. The second kappa shape index (κ2) is 15.5. The minimum Gasteiger partial charge on any atom is -0.507 e. The number of rotatable bonds is 7. The van der Waals surface area contributed by atoms with Gasteiger partial charge in [-0.15, -0.1) is 0 Å². The standard InChI is InChI=1S/C44H34O20/c45-21-3-1-15(5-24(21)48)40-34(63-44(60)18-9-30(54)39(58)31(55)10-18)12-20-32(61-40)14-27(51)35(37(20)56)36-26(50)13-23(47)19-11-33(62-43(59)17-7-28(52)38(57)29(53)8-17)41(64-42(19)36)16-2-4-22(46)25(49)6-16/h1-10,13-14,33-34,40-41,45-58H,11-12H2/t33-,34-,40-,41-/m1/s1. The summed E-state index contributed by atoms with van der Waals surface area (Å²) >= 11 is 0. The minimum absolute atomic E-state index is 0.0439. The number of carbonyl (C=O) groups excluding carboxylic acids is 2. The largest absolute Gasteiger partial charge is 0.507 e. The summed E-state index contributed by atoms with van der Waals surface area (Å²) < 4.78 is 23.9. The van der Waals surface area contributed by atoms with Gasteiger partial charge in [-0.1, -0.05) is 12.1 Å². The van der Waals surface area contributed by atoms with Crippen LogP contribution in [-0.4, -0.2) is 95.6 Å². The van der Waals surface area contributed by atoms with Crippen molar-refractivity contribution in [2.24, 2.45) is 0 Å². The SMILES string of the molecule is O=C(O[C@@H]1Cc2c(cc(O)c(-c3c(O)cc(O)c4c3O[C@H](c3ccc(O)c(O)c3)[C@H](OC(=O)c3cc(O)c(O)c(O)c3)C4)c2O)O[C@@H]1c1ccc(O)c(O)c1)c1cc(O)c(O)c(O)c1. The zero-order chi connectivity index (χ0) is 46.0. The summed E-state index contributed by atoms with van der Waals surface area (Å²) in [5.74, 6) is -13.4. The molecule has 0 aromatic heterocycles. The number of hydrogen-bond acceptors (Lipinski definition) is 20. The fraction of sp³-hybridized carbons (Fsp3) is 0.136. The first kappa shape index (κ1) is 41.8. The van der Waals surface area contributed by atoms with Gasteiger partial charge in [0.1, 0.15) is 46.7 Å². The van der Waals surface area contributed by atoms with E-state index >= 15 is 0 Å². The Morgan fingerprint density at radius 2 is 0.859 bits per heavy atom. The molecule has 0 fully saturated rings. The van der Waals surface area contributed by atoms with Gasteiger partial charge in [0.2, 0.25) is 0 Å². The molecule has 0 saturated carbocycles. The number of ether oxygens (including phenoxy) is 4. The average molecular weight is 883 g/mol. The van der Waals surface area contributed by atoms with Gasteiger partial charge in [-0.3, -0.25) is 0 Å². The van der Waals surface area contributed by atoms with Crippen LogP contribution < -0.4 is 9.47 Å². The van der Waals surface area contributed by atoms with Crippen LogP contribution in [0.5, 0.6) is 92.0 Å². The predicted octanol–water partition coefficient (Wildman–Crippen LogP) is 5.04. The molecule has 2 aliphatic rings. The van der Waals surface area contributed by atoms with Gasteiger partial charge < -0.3 is 90.4 Å². The van der Waals surface area contributed by atoms with Gasteiger partial charge in [-0.25, -0.2) is 9.59 Å². The second-order valence-corrected chi connectivity index (χ2v) is 14.8. The molecule has 14 N–H and O–H groups in total. The van der Waals surface area contributed by atoms with E-state index in [1.807, 2.05) is 0 Å². The molecule has 4 atom stereocenters. The monoisotopic (exact) mass is 882 g/mol. The van der Waals surface area contributed by atoms with E-state index in [0.717, 1.165) is 60.7 Å². The third-order valence-electron chi connectivity index (χ3n) is 10.7. The van der Waals surface area contributed by atoms with Crippen molar-refractivity contribution in [3.8, 4) is 103 Å². The molecule has 330 valence electrons. The topological polar surface area (TPSA) is 354 Å². The summed E-state index contributed by atoms with van der Waals surface area (Å²) in [7, 11) is 0. The number of phenols is 14. The van der Waals surface area contributed by atoms with E-state index in [1.165, 1.54) is 12.1 Å². The zero-order valence-corrected chi connectivity index (χ0v) is 32.4. The number of esters is 2. The summed E-state index contributed by atoms with van der Waals surface area (Å²) in [6.07, 6.45) is -6.57. The van der Waals surface area contributed by atoms with Gasteiger partial charge in [0.05, 0.1) is 22.3 Å². The maximum absolute atomic E-state index is 13.5. The molecule has 0 radical (unpaired) electrons. The molecule has 20 nitrogen and oxygen atoms in total. The number of fused-ring (bicyclic) bond motifs is 2. The molecular weight excluding hydrogens is 848 g/mol. The summed E-state index contributed by atoms with van der Waals surface area (Å²) in [6.45, 7) is 0. The average Bonchev–Trinajstić information content (AvgIpc) is 3.24. The number of carbonyl (C=O) groups is 2. The van der Waals surface area contributed by atoms with Crippen LogP contribution in [0.25, 0.3) is 11.1 Å². The Bertz CT molecular complexity index is 2880. The molecule has 2 aliphatic heterocycles. The van der Waals surface area contributed by atoms with Gasteiger partial charge >= 0.3 is 11.9 Å². The molecule has 0 unspecified atom stereocenters. The molecule has 0 saturated heterocycles. The molecule has 0 spiro atoms. The summed E-state index contributed by atoms with van der Waals surface area (Å²) in [5.41, 5.74) is -1.96. The van der Waals surface area contributed by atoms with E-state index in [0.29, 0.717) is 0 Å². The van der Waals surface area contributed by atoms with Crippen LogP contribution in [0.2, 0.25) is 0 Å². The maximum atomic E-state index is 13.5. The molecule has 20 heteroatoms. The zero-order valence-electron chi connectivity index (χ0n) is 32.4. The predicted molar refractivity (Wildman–Crippen MR) is 214 cm³/mol. The minimum atomic E-state index is -1.47. The lowest BCUT2D eigenvalue weighted by Gasteiger charge is -2.36. The number of hydrogen-bond donors (Lipinski definition) is 14. The summed E-state index contributed by atoms with van der Waals surface area (Å²) in [6, 6.07) is 12.1. The van der Waals surface area contributed by atoms with Crippen LogP contribution in [0, 0.1) is 0 Å². The smallest absolute Gasteiger partial charge is 0.338 e. The lowest BCUT2D eigenvalue weighted by molar-refractivity contribution is -0.0193. The van der Waals surface area contributed by atoms with Gasteiger partial charge in [-0.05, 0) is 48.5 Å². The highest BCUT2D eigenvalue weighted by atomic mass is 16.6. The summed E-state index contributed by atoms with van der Waals surface area (Å²) in [5, 5.41) is 147. The van der Waals surface area contributed by atoms with E-state index in [2.05, 4.69) is 0 Å². The fourth-order valence-corrected chi connectivity index (χ4v) is 7.56. The first-order chi connectivity index (χ1) is 30.3. The lowest BCUT2D eigenvalue weighted by Crippen LogP contribution is -2.35. The lowest BCUT2D eigenvalue weighted by atomic mass is 9.87. The van der Waals surface area contributed by atoms with E-state index in [9.17, 15) is 81.1 Å². The van der Waals surface area contributed by atoms with Crippen LogP contribution >= 0.6 is 0 Å². The van der Waals surface area contributed by atoms with Crippen molar-refractivity contribution in [3.05, 3.63) is 106 Å². The van der Waals surface area contributed by atoms with Crippen LogP contribution in [0.1, 0.15) is 55.2 Å². The highest BCUT2D eigenvalue weighted by Gasteiger charge is 2.42. The Labute approximate surface area is 358 Å². The molecular formula is C44H34O20. The highest BCUT2D eigenvalue weighted by molar-refractivity contribution is 5.93. The Morgan fingerprint density at radius 1 is 0.422 bits per heavy atom. The van der Waals surface area contributed by atoms with Crippen LogP contribution in [0.3, 0.4) is 0 Å². The third-order valence-corrected chi connectivity index (χ3v) is 10.7. The Hall–Kier alpha value is -8.94. The number of phenolic OH excluding ortho intramolecular Hbond substituents is 14. The summed E-state index contributed by atoms with van der Waals surface area (Å²) in [4.78, 5) is 26.9. The van der Waals surface area contributed by atoms with Crippen molar-refractivity contribution in [1.29, 1.82) is 0 Å². The third kappa shape index (κ3) is 7.23. The molecule has 6 aromatic carbocycles. The molecule has 0 amide bonds. The van der Waals surface area contributed by atoms with Gasteiger partial charge in [0, 0.05) is 47.2 Å². The van der Waals surface area contributed by atoms with Gasteiger partial charge in [0.25, 0.3) is 0 Å². The Morgan fingerprint density at radius 3 is 1.33 bits per heavy atom. The van der Waals surface area contributed by atoms with Gasteiger partial charge in [0.15, 0.2) is 69.7 Å². The molecule has 2 heterocycles. The van der Waals surface area contributed by atoms with E-state index in [4.69, 9.17) is 18.9 Å². The maximum Gasteiger partial charge on any atom is 0.338 e. The van der Waals surface area contributed by atoms with E-state index in [-0.39, 0.29) is 28.0 Å².